The van der Waals surface area contributed by atoms with Gasteiger partial charge in [-0.05, 0) is 19.3 Å². The molecule has 0 spiro atoms. The van der Waals surface area contributed by atoms with Crippen LogP contribution in [-0.2, 0) is 0 Å². The molecule has 0 aromatic rings. The van der Waals surface area contributed by atoms with Gasteiger partial charge in [0, 0.05) is 0 Å². The standard InChI is InChI=1S/C7H14.C2H6/c1-6(2)5-7(3)4;1-2/h7H,1,5H2,2-4H3;1-2H3. The molecule has 0 heteroatoms. The summed E-state index contributed by atoms with van der Waals surface area (Å²) < 4.78 is 0. The lowest BCUT2D eigenvalue weighted by molar-refractivity contribution is 0.644. The number of hydrogen-bond donors (Lipinski definition) is 0. The molecule has 0 N–H and O–H groups in total. The van der Waals surface area contributed by atoms with Gasteiger partial charge in [0.2, 0.25) is 0 Å². The molecule has 0 nitrogen and oxygen atoms in total. The van der Waals surface area contributed by atoms with Crippen molar-refractivity contribution in [2.24, 2.45) is 5.92 Å². The highest BCUT2D eigenvalue weighted by Gasteiger charge is 1.90. The Morgan fingerprint density at radius 3 is 1.67 bits per heavy atom. The summed E-state index contributed by atoms with van der Waals surface area (Å²) in [7, 11) is 0. The van der Waals surface area contributed by atoms with Crippen molar-refractivity contribution in [3.63, 3.8) is 0 Å². The van der Waals surface area contributed by atoms with Gasteiger partial charge in [0.05, 0.1) is 0 Å². The number of allylic oxidation sites excluding steroid dienone is 1. The van der Waals surface area contributed by atoms with Gasteiger partial charge in [-0.3, -0.25) is 0 Å². The smallest absolute Gasteiger partial charge is 0.0303 e. The van der Waals surface area contributed by atoms with Crippen molar-refractivity contribution >= 4 is 0 Å². The summed E-state index contributed by atoms with van der Waals surface area (Å²) in [4.78, 5) is 0. The molecule has 0 bridgehead atoms. The van der Waals surface area contributed by atoms with E-state index in [1.807, 2.05) is 13.8 Å². The fraction of sp³-hybridized carbons (Fsp3) is 0.778. The van der Waals surface area contributed by atoms with E-state index in [0.29, 0.717) is 0 Å². The van der Waals surface area contributed by atoms with Crippen LogP contribution in [0.1, 0.15) is 41.0 Å². The molecule has 0 heterocycles. The van der Waals surface area contributed by atoms with Crippen molar-refractivity contribution in [2.75, 3.05) is 0 Å². The second kappa shape index (κ2) is 7.74. The average Bonchev–Trinajstić information content (AvgIpc) is 1.68. The van der Waals surface area contributed by atoms with Gasteiger partial charge in [-0.15, -0.1) is 6.58 Å². The predicted octanol–water partition coefficient (Wildman–Crippen LogP) is 3.63. The molecule has 0 radical (unpaired) electrons. The van der Waals surface area contributed by atoms with Crippen LogP contribution in [-0.4, -0.2) is 0 Å². The normalized spacial score (nSPS) is 8.22. The van der Waals surface area contributed by atoms with E-state index in [0.717, 1.165) is 5.92 Å². The van der Waals surface area contributed by atoms with E-state index in [4.69, 9.17) is 0 Å². The first-order chi connectivity index (χ1) is 4.13. The Labute approximate surface area is 60.0 Å². The summed E-state index contributed by atoms with van der Waals surface area (Å²) in [6.45, 7) is 14.3. The predicted molar refractivity (Wildman–Crippen MR) is 45.6 cm³/mol. The van der Waals surface area contributed by atoms with Crippen LogP contribution in [0, 0.1) is 5.92 Å². The van der Waals surface area contributed by atoms with E-state index in [-0.39, 0.29) is 0 Å². The van der Waals surface area contributed by atoms with Crippen LogP contribution in [0.4, 0.5) is 0 Å². The average molecular weight is 128 g/mol. The molecule has 9 heavy (non-hydrogen) atoms. The van der Waals surface area contributed by atoms with Crippen molar-refractivity contribution in [2.45, 2.75) is 41.0 Å². The van der Waals surface area contributed by atoms with Gasteiger partial charge >= 0.3 is 0 Å². The summed E-state index contributed by atoms with van der Waals surface area (Å²) in [6.07, 6.45) is 1.17. The quantitative estimate of drug-likeness (QED) is 0.498. The Hall–Kier alpha value is -0.260. The van der Waals surface area contributed by atoms with Crippen molar-refractivity contribution in [1.29, 1.82) is 0 Å². The Morgan fingerprint density at radius 2 is 1.67 bits per heavy atom. The minimum atomic E-state index is 0.775. The third kappa shape index (κ3) is 18.2. The highest BCUT2D eigenvalue weighted by molar-refractivity contribution is 4.88. The molecule has 0 atom stereocenters. The molecule has 0 aliphatic heterocycles. The van der Waals surface area contributed by atoms with E-state index in [2.05, 4.69) is 27.4 Å². The van der Waals surface area contributed by atoms with Crippen LogP contribution >= 0.6 is 0 Å². The highest BCUT2D eigenvalue weighted by Crippen LogP contribution is 2.05. The zero-order valence-electron chi connectivity index (χ0n) is 7.49. The summed E-state index contributed by atoms with van der Waals surface area (Å²) >= 11 is 0. The Kier molecular flexibility index (Phi) is 9.91. The minimum Gasteiger partial charge on any atom is -0.100 e. The maximum atomic E-state index is 3.80. The van der Waals surface area contributed by atoms with Crippen LogP contribution in [0.15, 0.2) is 12.2 Å². The number of hydrogen-bond acceptors (Lipinski definition) is 0. The molecule has 0 aliphatic carbocycles. The minimum absolute atomic E-state index is 0.775. The molecule has 0 aliphatic rings. The summed E-state index contributed by atoms with van der Waals surface area (Å²) in [5, 5.41) is 0. The van der Waals surface area contributed by atoms with E-state index in [1.54, 1.807) is 0 Å². The first kappa shape index (κ1) is 11.5. The zero-order chi connectivity index (χ0) is 7.86. The van der Waals surface area contributed by atoms with Crippen LogP contribution in [0.2, 0.25) is 0 Å². The fourth-order valence-corrected chi connectivity index (χ4v) is 0.697. The van der Waals surface area contributed by atoms with E-state index in [1.165, 1.54) is 12.0 Å². The third-order valence-corrected chi connectivity index (χ3v) is 0.757. The monoisotopic (exact) mass is 128 g/mol. The molecule has 0 saturated carbocycles. The molecule has 0 fully saturated rings. The van der Waals surface area contributed by atoms with Crippen molar-refractivity contribution in [3.05, 3.63) is 12.2 Å². The van der Waals surface area contributed by atoms with Crippen molar-refractivity contribution < 1.29 is 0 Å². The van der Waals surface area contributed by atoms with Crippen LogP contribution < -0.4 is 0 Å². The molecule has 0 rings (SSSR count). The van der Waals surface area contributed by atoms with E-state index in [9.17, 15) is 0 Å². The number of rotatable bonds is 2. The Morgan fingerprint density at radius 1 is 1.33 bits per heavy atom. The fourth-order valence-electron chi connectivity index (χ4n) is 0.697. The summed E-state index contributed by atoms with van der Waals surface area (Å²) in [5.74, 6) is 0.775. The molecule has 0 unspecified atom stereocenters. The van der Waals surface area contributed by atoms with Gasteiger partial charge in [-0.1, -0.05) is 33.3 Å². The first-order valence-electron chi connectivity index (χ1n) is 3.77. The largest absolute Gasteiger partial charge is 0.100 e. The van der Waals surface area contributed by atoms with Crippen LogP contribution in [0.5, 0.6) is 0 Å². The summed E-state index contributed by atoms with van der Waals surface area (Å²) in [5.41, 5.74) is 1.29. The van der Waals surface area contributed by atoms with Crippen LogP contribution in [0.25, 0.3) is 0 Å². The summed E-state index contributed by atoms with van der Waals surface area (Å²) in [6, 6.07) is 0. The molecule has 0 amide bonds. The molecular weight excluding hydrogens is 108 g/mol. The Balaban J connectivity index is 0. The second-order valence-electron chi connectivity index (χ2n) is 2.56. The van der Waals surface area contributed by atoms with Gasteiger partial charge in [0.25, 0.3) is 0 Å². The lowest BCUT2D eigenvalue weighted by atomic mass is 10.1. The van der Waals surface area contributed by atoms with E-state index < -0.39 is 0 Å². The molecule has 0 aromatic heterocycles. The lowest BCUT2D eigenvalue weighted by Gasteiger charge is -1.99. The van der Waals surface area contributed by atoms with Gasteiger partial charge in [0.15, 0.2) is 0 Å². The third-order valence-electron chi connectivity index (χ3n) is 0.757. The van der Waals surface area contributed by atoms with Gasteiger partial charge < -0.3 is 0 Å². The van der Waals surface area contributed by atoms with Crippen molar-refractivity contribution in [1.82, 2.24) is 0 Å². The first-order valence-corrected chi connectivity index (χ1v) is 3.77. The van der Waals surface area contributed by atoms with Gasteiger partial charge in [0.1, 0.15) is 0 Å². The maximum Gasteiger partial charge on any atom is -0.0303 e. The molecular formula is C9H20. The van der Waals surface area contributed by atoms with Gasteiger partial charge in [-0.25, -0.2) is 0 Å². The lowest BCUT2D eigenvalue weighted by Crippen LogP contribution is -1.84. The van der Waals surface area contributed by atoms with Gasteiger partial charge in [-0.2, -0.15) is 0 Å². The second-order valence-corrected chi connectivity index (χ2v) is 2.56. The SMILES string of the molecule is C=C(C)CC(C)C.CC. The molecule has 0 saturated heterocycles. The maximum absolute atomic E-state index is 3.80. The molecule has 56 valence electrons. The Bertz CT molecular complexity index is 60.4. The van der Waals surface area contributed by atoms with Crippen LogP contribution in [0.3, 0.4) is 0 Å². The van der Waals surface area contributed by atoms with Crippen molar-refractivity contribution in [3.8, 4) is 0 Å². The van der Waals surface area contributed by atoms with E-state index >= 15 is 0 Å². The molecule has 0 aromatic carbocycles. The highest BCUT2D eigenvalue weighted by atomic mass is 14.0. The topological polar surface area (TPSA) is 0 Å². The zero-order valence-corrected chi connectivity index (χ0v) is 7.49.